The molecule has 250 valence electrons. The molecule has 0 atom stereocenters. The summed E-state index contributed by atoms with van der Waals surface area (Å²) in [6.07, 6.45) is 0. The quantitative estimate of drug-likeness (QED) is 0.168. The predicted octanol–water partition coefficient (Wildman–Crippen LogP) is 14.1. The Morgan fingerprint density at radius 1 is 0.296 bits per heavy atom. The van der Waals surface area contributed by atoms with Gasteiger partial charge in [-0.05, 0) is 101 Å². The van der Waals surface area contributed by atoms with E-state index in [1.54, 1.807) is 0 Å². The lowest BCUT2D eigenvalue weighted by molar-refractivity contribution is 0.794. The minimum absolute atomic E-state index is 0.410. The van der Waals surface area contributed by atoms with Gasteiger partial charge in [0.25, 0.3) is 0 Å². The Morgan fingerprint density at radius 2 is 0.796 bits per heavy atom. The maximum atomic E-state index is 2.51. The van der Waals surface area contributed by atoms with Crippen LogP contribution in [0.15, 0.2) is 200 Å². The molecule has 0 aliphatic heterocycles. The molecule has 2 aliphatic carbocycles. The SMILES string of the molecule is c1ccc(N(c2cccc3c2-c2ccccc2C32c3ccccc3-c3ccccc32)c2cccc3c2ccc2ccc4ccc5ccccc5c4c23)cc1. The predicted molar refractivity (Wildman–Crippen MR) is 227 cm³/mol. The normalized spacial score (nSPS) is 13.3. The summed E-state index contributed by atoms with van der Waals surface area (Å²) in [7, 11) is 0. The molecule has 0 fully saturated rings. The fourth-order valence-corrected chi connectivity index (χ4v) is 10.2. The van der Waals surface area contributed by atoms with Gasteiger partial charge in [0.15, 0.2) is 0 Å². The molecule has 0 radical (unpaired) electrons. The van der Waals surface area contributed by atoms with Gasteiger partial charge >= 0.3 is 0 Å². The van der Waals surface area contributed by atoms with Crippen molar-refractivity contribution < 1.29 is 0 Å². The molecule has 0 heterocycles. The Morgan fingerprint density at radius 3 is 1.54 bits per heavy atom. The van der Waals surface area contributed by atoms with Crippen molar-refractivity contribution in [3.8, 4) is 22.3 Å². The van der Waals surface area contributed by atoms with E-state index in [1.807, 2.05) is 0 Å². The summed E-state index contributed by atoms with van der Waals surface area (Å²) in [6.45, 7) is 0. The molecular formula is C53H33N. The Balaban J connectivity index is 1.19. The molecule has 0 saturated heterocycles. The number of fused-ring (bicyclic) bond motifs is 17. The van der Waals surface area contributed by atoms with E-state index >= 15 is 0 Å². The number of para-hydroxylation sites is 1. The average molecular weight is 684 g/mol. The summed E-state index contributed by atoms with van der Waals surface area (Å²) in [5.74, 6) is 0. The second kappa shape index (κ2) is 11.0. The molecule has 2 aliphatic rings. The second-order valence-electron chi connectivity index (χ2n) is 14.7. The van der Waals surface area contributed by atoms with Crippen LogP contribution in [0.5, 0.6) is 0 Å². The molecule has 0 unspecified atom stereocenters. The molecule has 0 aromatic heterocycles. The van der Waals surface area contributed by atoms with E-state index in [2.05, 4.69) is 205 Å². The molecule has 10 aromatic rings. The molecule has 1 nitrogen and oxygen atoms in total. The van der Waals surface area contributed by atoms with E-state index in [9.17, 15) is 0 Å². The topological polar surface area (TPSA) is 3.24 Å². The van der Waals surface area contributed by atoms with Crippen LogP contribution in [0.2, 0.25) is 0 Å². The first-order valence-electron chi connectivity index (χ1n) is 18.9. The van der Waals surface area contributed by atoms with Crippen LogP contribution in [-0.4, -0.2) is 0 Å². The lowest BCUT2D eigenvalue weighted by Crippen LogP contribution is -2.26. The zero-order valence-electron chi connectivity index (χ0n) is 29.5. The molecule has 12 rings (SSSR count). The first-order valence-corrected chi connectivity index (χ1v) is 18.9. The summed E-state index contributed by atoms with van der Waals surface area (Å²) in [6, 6.07) is 74.5. The summed E-state index contributed by atoms with van der Waals surface area (Å²) >= 11 is 0. The highest BCUT2D eigenvalue weighted by Crippen LogP contribution is 2.64. The number of benzene rings is 10. The third kappa shape index (κ3) is 3.78. The third-order valence-corrected chi connectivity index (χ3v) is 12.2. The highest BCUT2D eigenvalue weighted by Gasteiger charge is 2.52. The molecule has 0 saturated carbocycles. The number of anilines is 3. The molecule has 0 bridgehead atoms. The lowest BCUT2D eigenvalue weighted by Gasteiger charge is -2.32. The van der Waals surface area contributed by atoms with Crippen molar-refractivity contribution in [2.75, 3.05) is 4.90 Å². The maximum absolute atomic E-state index is 2.51. The zero-order valence-corrected chi connectivity index (χ0v) is 29.5. The summed E-state index contributed by atoms with van der Waals surface area (Å²) in [4.78, 5) is 2.51. The van der Waals surface area contributed by atoms with Crippen LogP contribution in [0.25, 0.3) is 65.3 Å². The van der Waals surface area contributed by atoms with E-state index < -0.39 is 5.41 Å². The van der Waals surface area contributed by atoms with Gasteiger partial charge in [-0.15, -0.1) is 0 Å². The molecule has 1 heteroatoms. The average Bonchev–Trinajstić information content (AvgIpc) is 3.72. The van der Waals surface area contributed by atoms with E-state index in [1.165, 1.54) is 93.3 Å². The van der Waals surface area contributed by atoms with Gasteiger partial charge in [0.1, 0.15) is 0 Å². The molecular weight excluding hydrogens is 651 g/mol. The van der Waals surface area contributed by atoms with E-state index in [0.29, 0.717) is 0 Å². The van der Waals surface area contributed by atoms with Gasteiger partial charge < -0.3 is 4.90 Å². The van der Waals surface area contributed by atoms with Crippen molar-refractivity contribution in [3.05, 3.63) is 222 Å². The third-order valence-electron chi connectivity index (χ3n) is 12.2. The van der Waals surface area contributed by atoms with Gasteiger partial charge in [-0.1, -0.05) is 176 Å². The van der Waals surface area contributed by atoms with Crippen molar-refractivity contribution in [1.82, 2.24) is 0 Å². The van der Waals surface area contributed by atoms with Gasteiger partial charge in [-0.2, -0.15) is 0 Å². The highest BCUT2D eigenvalue weighted by atomic mass is 15.1. The van der Waals surface area contributed by atoms with E-state index in [4.69, 9.17) is 0 Å². The maximum Gasteiger partial charge on any atom is 0.0726 e. The van der Waals surface area contributed by atoms with Crippen LogP contribution in [0.4, 0.5) is 17.1 Å². The first kappa shape index (κ1) is 29.6. The summed E-state index contributed by atoms with van der Waals surface area (Å²) < 4.78 is 0. The number of hydrogen-bond acceptors (Lipinski definition) is 1. The van der Waals surface area contributed by atoms with Crippen LogP contribution < -0.4 is 4.90 Å². The van der Waals surface area contributed by atoms with Crippen molar-refractivity contribution in [2.45, 2.75) is 5.41 Å². The molecule has 54 heavy (non-hydrogen) atoms. The molecule has 0 amide bonds. The van der Waals surface area contributed by atoms with Gasteiger partial charge in [-0.3, -0.25) is 0 Å². The number of hydrogen-bond donors (Lipinski definition) is 0. The number of nitrogens with zero attached hydrogens (tertiary/aromatic N) is 1. The Bertz CT molecular complexity index is 3120. The number of rotatable bonds is 3. The highest BCUT2D eigenvalue weighted by molar-refractivity contribution is 6.28. The van der Waals surface area contributed by atoms with Crippen LogP contribution in [0.1, 0.15) is 22.3 Å². The fourth-order valence-electron chi connectivity index (χ4n) is 10.2. The van der Waals surface area contributed by atoms with Crippen LogP contribution in [-0.2, 0) is 5.41 Å². The summed E-state index contributed by atoms with van der Waals surface area (Å²) in [5.41, 5.74) is 13.7. The standard InChI is InChI=1S/C53H33N/c1-2-15-37(16-3-1)54(48-26-12-21-42-41(48)33-32-36-31-30-35-29-28-34-14-4-5-17-38(34)50(35)51(36)42)49-27-13-25-47-52(49)43-20-8-11-24-46(43)53(47)44-22-9-6-18-39(44)40-19-7-10-23-45(40)53/h1-33H. The molecule has 1 spiro atoms. The molecule has 10 aromatic carbocycles. The van der Waals surface area contributed by atoms with E-state index in [-0.39, 0.29) is 0 Å². The van der Waals surface area contributed by atoms with E-state index in [0.717, 1.165) is 11.4 Å². The monoisotopic (exact) mass is 683 g/mol. The van der Waals surface area contributed by atoms with Crippen LogP contribution in [0.3, 0.4) is 0 Å². The minimum Gasteiger partial charge on any atom is -0.309 e. The van der Waals surface area contributed by atoms with Gasteiger partial charge in [-0.25, -0.2) is 0 Å². The van der Waals surface area contributed by atoms with Gasteiger partial charge in [0.2, 0.25) is 0 Å². The van der Waals surface area contributed by atoms with Gasteiger partial charge in [0.05, 0.1) is 16.8 Å². The molecule has 0 N–H and O–H groups in total. The van der Waals surface area contributed by atoms with Crippen molar-refractivity contribution >= 4 is 60.2 Å². The van der Waals surface area contributed by atoms with Crippen LogP contribution >= 0.6 is 0 Å². The van der Waals surface area contributed by atoms with Gasteiger partial charge in [0, 0.05) is 16.6 Å². The Hall–Kier alpha value is -6.96. The summed E-state index contributed by atoms with van der Waals surface area (Å²) in [5, 5.41) is 10.2. The minimum atomic E-state index is -0.410. The Kier molecular flexibility index (Phi) is 6.04. The zero-order chi connectivity index (χ0) is 35.4. The smallest absolute Gasteiger partial charge is 0.0726 e. The first-order chi connectivity index (χ1) is 26.8. The Labute approximate surface area is 314 Å². The lowest BCUT2D eigenvalue weighted by atomic mass is 9.70. The van der Waals surface area contributed by atoms with Crippen molar-refractivity contribution in [2.24, 2.45) is 0 Å². The van der Waals surface area contributed by atoms with Crippen LogP contribution in [0, 0.1) is 0 Å². The van der Waals surface area contributed by atoms with Crippen molar-refractivity contribution in [3.63, 3.8) is 0 Å². The fraction of sp³-hybridized carbons (Fsp3) is 0.0189. The largest absolute Gasteiger partial charge is 0.309 e. The van der Waals surface area contributed by atoms with Crippen molar-refractivity contribution in [1.29, 1.82) is 0 Å². The second-order valence-corrected chi connectivity index (χ2v) is 14.7.